The molecular weight excluding hydrogens is 452 g/mol. The molecule has 0 aliphatic carbocycles. The molecule has 1 amide bonds. The quantitative estimate of drug-likeness (QED) is 0.212. The zero-order chi connectivity index (χ0) is 25.5. The van der Waals surface area contributed by atoms with Crippen molar-refractivity contribution in [2.24, 2.45) is 4.99 Å². The highest BCUT2D eigenvalue weighted by molar-refractivity contribution is 6.04. The Labute approximate surface area is 209 Å². The lowest BCUT2D eigenvalue weighted by molar-refractivity contribution is 0.102. The third-order valence-electron chi connectivity index (χ3n) is 5.12. The molecule has 0 saturated carbocycles. The fraction of sp³-hybridized carbons (Fsp3) is 0.0370. The number of aliphatic imine (C=N–C) groups is 1. The number of rotatable bonds is 8. The number of amides is 1. The first-order valence-electron chi connectivity index (χ1n) is 11.1. The maximum absolute atomic E-state index is 12.7. The maximum atomic E-state index is 12.7. The Morgan fingerprint density at radius 3 is 2.19 bits per heavy atom. The number of anilines is 6. The Balaban J connectivity index is 1.36. The number of nitrogens with zero attached hydrogens (tertiary/aromatic N) is 3. The highest BCUT2D eigenvalue weighted by Crippen LogP contribution is 2.27. The minimum absolute atomic E-state index is 0.0782. The molecule has 9 nitrogen and oxygen atoms in total. The summed E-state index contributed by atoms with van der Waals surface area (Å²) in [7, 11) is 0. The zero-order valence-corrected chi connectivity index (χ0v) is 19.7. The highest BCUT2D eigenvalue weighted by atomic mass is 16.1. The molecule has 0 aliphatic rings. The molecular formula is C27H26N8O. The average molecular weight is 479 g/mol. The number of nitrogen functional groups attached to an aromatic ring is 2. The van der Waals surface area contributed by atoms with Gasteiger partial charge in [-0.3, -0.25) is 9.79 Å². The van der Waals surface area contributed by atoms with Gasteiger partial charge < -0.3 is 27.4 Å². The lowest BCUT2D eigenvalue weighted by atomic mass is 10.1. The number of carbonyl (C=O) groups is 1. The number of nitrogens with two attached hydrogens (primary N) is 2. The van der Waals surface area contributed by atoms with Crippen LogP contribution in [0.15, 0.2) is 90.4 Å². The zero-order valence-electron chi connectivity index (χ0n) is 19.7. The topological polar surface area (TPSA) is 143 Å². The van der Waals surface area contributed by atoms with E-state index in [1.54, 1.807) is 36.5 Å². The Bertz CT molecular complexity index is 1390. The molecule has 0 fully saturated rings. The van der Waals surface area contributed by atoms with Gasteiger partial charge in [-0.15, -0.1) is 0 Å². The third-order valence-corrected chi connectivity index (χ3v) is 5.12. The molecule has 36 heavy (non-hydrogen) atoms. The van der Waals surface area contributed by atoms with Gasteiger partial charge in [-0.05, 0) is 61.5 Å². The van der Waals surface area contributed by atoms with Crippen LogP contribution < -0.4 is 27.4 Å². The Kier molecular flexibility index (Phi) is 7.21. The van der Waals surface area contributed by atoms with Crippen LogP contribution in [-0.4, -0.2) is 22.1 Å². The summed E-state index contributed by atoms with van der Waals surface area (Å²) in [6.07, 6.45) is 1.75. The van der Waals surface area contributed by atoms with E-state index in [9.17, 15) is 4.79 Å². The average Bonchev–Trinajstić information content (AvgIpc) is 2.85. The smallest absolute Gasteiger partial charge is 0.255 e. The molecule has 0 saturated heterocycles. The van der Waals surface area contributed by atoms with E-state index >= 15 is 0 Å². The summed E-state index contributed by atoms with van der Waals surface area (Å²) in [5.41, 5.74) is 16.5. The second-order valence-electron chi connectivity index (χ2n) is 7.78. The molecule has 9 heteroatoms. The van der Waals surface area contributed by atoms with Gasteiger partial charge in [0.05, 0.1) is 5.69 Å². The lowest BCUT2D eigenvalue weighted by Gasteiger charge is -2.13. The van der Waals surface area contributed by atoms with Crippen LogP contribution in [0.1, 0.15) is 22.8 Å². The molecule has 3 aromatic carbocycles. The van der Waals surface area contributed by atoms with Crippen LogP contribution in [0.2, 0.25) is 0 Å². The first-order valence-corrected chi connectivity index (χ1v) is 11.1. The number of aromatic nitrogens is 2. The maximum Gasteiger partial charge on any atom is 0.255 e. The summed E-state index contributed by atoms with van der Waals surface area (Å²) in [4.78, 5) is 25.0. The fourth-order valence-electron chi connectivity index (χ4n) is 3.46. The number of carbonyl (C=O) groups excluding carboxylic acids is 1. The van der Waals surface area contributed by atoms with E-state index in [0.717, 1.165) is 28.3 Å². The van der Waals surface area contributed by atoms with Crippen LogP contribution in [0.4, 0.5) is 40.3 Å². The third kappa shape index (κ3) is 6.03. The van der Waals surface area contributed by atoms with Gasteiger partial charge in [-0.2, -0.15) is 9.97 Å². The van der Waals surface area contributed by atoms with Gasteiger partial charge in [0.1, 0.15) is 11.6 Å². The van der Waals surface area contributed by atoms with Crippen molar-refractivity contribution < 1.29 is 4.79 Å². The number of nitrogens with one attached hydrogen (secondary N) is 3. The number of hydrogen-bond acceptors (Lipinski definition) is 8. The first-order chi connectivity index (χ1) is 17.4. The molecule has 0 unspecified atom stereocenters. The lowest BCUT2D eigenvalue weighted by Crippen LogP contribution is -2.11. The molecule has 1 aromatic heterocycles. The molecule has 4 aromatic rings. The SMILES string of the molecule is C=C(Nc1ccc(NC(=O)c2ccc(Nc3cc(N)nc(N)n3)cc2)cc1)c1ccccc1N=CC. The summed E-state index contributed by atoms with van der Waals surface area (Å²) >= 11 is 0. The molecule has 7 N–H and O–H groups in total. The predicted octanol–water partition coefficient (Wildman–Crippen LogP) is 5.44. The van der Waals surface area contributed by atoms with Crippen molar-refractivity contribution in [3.63, 3.8) is 0 Å². The van der Waals surface area contributed by atoms with Crippen molar-refractivity contribution in [1.29, 1.82) is 0 Å². The molecule has 0 spiro atoms. The summed E-state index contributed by atoms with van der Waals surface area (Å²) in [5, 5.41) is 9.27. The van der Waals surface area contributed by atoms with E-state index in [4.69, 9.17) is 11.5 Å². The van der Waals surface area contributed by atoms with Crippen molar-refractivity contribution in [1.82, 2.24) is 9.97 Å². The summed E-state index contributed by atoms with van der Waals surface area (Å²) < 4.78 is 0. The molecule has 0 bridgehead atoms. The summed E-state index contributed by atoms with van der Waals surface area (Å²) in [6, 6.07) is 23.7. The normalized spacial score (nSPS) is 10.7. The van der Waals surface area contributed by atoms with Crippen LogP contribution in [0.3, 0.4) is 0 Å². The van der Waals surface area contributed by atoms with E-state index in [2.05, 4.69) is 37.5 Å². The second kappa shape index (κ2) is 10.8. The molecule has 4 rings (SSSR count). The fourth-order valence-corrected chi connectivity index (χ4v) is 3.46. The van der Waals surface area contributed by atoms with Crippen molar-refractivity contribution >= 4 is 58.2 Å². The van der Waals surface area contributed by atoms with Crippen LogP contribution in [0.25, 0.3) is 5.70 Å². The highest BCUT2D eigenvalue weighted by Gasteiger charge is 2.08. The van der Waals surface area contributed by atoms with E-state index in [1.165, 1.54) is 0 Å². The Morgan fingerprint density at radius 2 is 1.53 bits per heavy atom. The van der Waals surface area contributed by atoms with E-state index in [0.29, 0.717) is 17.1 Å². The van der Waals surface area contributed by atoms with Crippen molar-refractivity contribution in [2.45, 2.75) is 6.92 Å². The number of hydrogen-bond donors (Lipinski definition) is 5. The van der Waals surface area contributed by atoms with E-state index in [-0.39, 0.29) is 17.7 Å². The van der Waals surface area contributed by atoms with Crippen molar-refractivity contribution in [3.05, 3.63) is 96.6 Å². The number of para-hydroxylation sites is 1. The van der Waals surface area contributed by atoms with E-state index < -0.39 is 0 Å². The molecule has 0 aliphatic heterocycles. The van der Waals surface area contributed by atoms with Crippen LogP contribution >= 0.6 is 0 Å². The minimum atomic E-state index is -0.228. The summed E-state index contributed by atoms with van der Waals surface area (Å²) in [6.45, 7) is 6.01. The molecule has 1 heterocycles. The monoisotopic (exact) mass is 478 g/mol. The largest absolute Gasteiger partial charge is 0.383 e. The van der Waals surface area contributed by atoms with Gasteiger partial charge >= 0.3 is 0 Å². The van der Waals surface area contributed by atoms with Gasteiger partial charge in [-0.1, -0.05) is 24.8 Å². The minimum Gasteiger partial charge on any atom is -0.383 e. The molecule has 180 valence electrons. The van der Waals surface area contributed by atoms with E-state index in [1.807, 2.05) is 55.5 Å². The molecule has 0 radical (unpaired) electrons. The van der Waals surface area contributed by atoms with Gasteiger partial charge in [0.25, 0.3) is 5.91 Å². The number of benzene rings is 3. The standard InChI is InChI=1S/C27H26N8O/c1-3-30-23-7-5-4-6-22(23)17(2)31-19-12-14-21(15-13-19)33-26(36)18-8-10-20(11-9-18)32-25-16-24(28)34-27(29)35-25/h3-16,31H,2H2,1H3,(H,33,36)(H5,28,29,32,34,35). The van der Waals surface area contributed by atoms with Gasteiger partial charge in [0, 0.05) is 46.2 Å². The molecule has 0 atom stereocenters. The predicted molar refractivity (Wildman–Crippen MR) is 148 cm³/mol. The van der Waals surface area contributed by atoms with Crippen molar-refractivity contribution in [3.8, 4) is 0 Å². The Morgan fingerprint density at radius 1 is 0.889 bits per heavy atom. The van der Waals surface area contributed by atoms with Crippen LogP contribution in [-0.2, 0) is 0 Å². The van der Waals surface area contributed by atoms with Gasteiger partial charge in [-0.25, -0.2) is 0 Å². The van der Waals surface area contributed by atoms with Gasteiger partial charge in [0.15, 0.2) is 0 Å². The van der Waals surface area contributed by atoms with Crippen molar-refractivity contribution in [2.75, 3.05) is 27.4 Å². The first kappa shape index (κ1) is 24.0. The van der Waals surface area contributed by atoms with Crippen LogP contribution in [0.5, 0.6) is 0 Å². The second-order valence-corrected chi connectivity index (χ2v) is 7.78. The van der Waals surface area contributed by atoms with Gasteiger partial charge in [0.2, 0.25) is 5.95 Å². The Hall–Kier alpha value is -5.18. The summed E-state index contributed by atoms with van der Waals surface area (Å²) in [5.74, 6) is 0.584. The van der Waals surface area contributed by atoms with Crippen LogP contribution in [0, 0.1) is 0 Å².